The summed E-state index contributed by atoms with van der Waals surface area (Å²) in [6.07, 6.45) is -7.09. The van der Waals surface area contributed by atoms with E-state index in [1.807, 2.05) is 0 Å². The summed E-state index contributed by atoms with van der Waals surface area (Å²) >= 11 is 0. The standard InChI is InChI=1S/C12H21NO9/c1-5(15)13-8-6(16)3-12(20,11(19)21-2)22-10(8)9(18)7(17)4-14/h6-10,14,16-18,20H,3-4H2,1-2H3,(H,13,15)/t6?,7-,8-,9-,10?,12-/m1/s1. The summed E-state index contributed by atoms with van der Waals surface area (Å²) < 4.78 is 9.45. The van der Waals surface area contributed by atoms with Gasteiger partial charge in [0.2, 0.25) is 5.91 Å². The molecule has 10 heteroatoms. The highest BCUT2D eigenvalue weighted by Gasteiger charge is 2.54. The smallest absolute Gasteiger partial charge is 0.366 e. The fourth-order valence-corrected chi connectivity index (χ4v) is 2.29. The Morgan fingerprint density at radius 1 is 1.45 bits per heavy atom. The molecular formula is C12H21NO9. The fourth-order valence-electron chi connectivity index (χ4n) is 2.29. The van der Waals surface area contributed by atoms with E-state index >= 15 is 0 Å². The highest BCUT2D eigenvalue weighted by atomic mass is 16.7. The number of aliphatic hydroxyl groups excluding tert-OH is 4. The zero-order valence-corrected chi connectivity index (χ0v) is 12.2. The third kappa shape index (κ3) is 3.91. The van der Waals surface area contributed by atoms with E-state index in [0.29, 0.717) is 0 Å². The van der Waals surface area contributed by atoms with Gasteiger partial charge in [-0.05, 0) is 0 Å². The van der Waals surface area contributed by atoms with Gasteiger partial charge in [0.15, 0.2) is 0 Å². The predicted octanol–water partition coefficient (Wildman–Crippen LogP) is -3.78. The second kappa shape index (κ2) is 7.31. The minimum atomic E-state index is -2.55. The molecule has 0 aromatic rings. The molecule has 2 unspecified atom stereocenters. The van der Waals surface area contributed by atoms with Crippen LogP contribution < -0.4 is 5.32 Å². The number of hydrogen-bond donors (Lipinski definition) is 6. The van der Waals surface area contributed by atoms with Crippen LogP contribution in [0.5, 0.6) is 0 Å². The number of ether oxygens (including phenoxy) is 2. The van der Waals surface area contributed by atoms with Gasteiger partial charge in [-0.1, -0.05) is 0 Å². The molecule has 0 spiro atoms. The van der Waals surface area contributed by atoms with Crippen LogP contribution in [0.3, 0.4) is 0 Å². The van der Waals surface area contributed by atoms with Crippen molar-refractivity contribution in [3.05, 3.63) is 0 Å². The third-order valence-electron chi connectivity index (χ3n) is 3.38. The van der Waals surface area contributed by atoms with Crippen molar-refractivity contribution in [2.75, 3.05) is 13.7 Å². The number of methoxy groups -OCH3 is 1. The first-order valence-corrected chi connectivity index (χ1v) is 6.57. The molecule has 1 rings (SSSR count). The van der Waals surface area contributed by atoms with E-state index in [9.17, 15) is 30.0 Å². The molecule has 1 aliphatic heterocycles. The van der Waals surface area contributed by atoms with Crippen molar-refractivity contribution in [1.29, 1.82) is 0 Å². The molecule has 22 heavy (non-hydrogen) atoms. The molecule has 0 aromatic carbocycles. The number of esters is 1. The van der Waals surface area contributed by atoms with Crippen molar-refractivity contribution >= 4 is 11.9 Å². The molecular weight excluding hydrogens is 302 g/mol. The Kier molecular flexibility index (Phi) is 6.23. The first-order chi connectivity index (χ1) is 10.2. The van der Waals surface area contributed by atoms with E-state index in [0.717, 1.165) is 14.0 Å². The van der Waals surface area contributed by atoms with Crippen LogP contribution in [0.15, 0.2) is 0 Å². The number of carbonyl (C=O) groups is 2. The lowest BCUT2D eigenvalue weighted by Crippen LogP contribution is -2.67. The predicted molar refractivity (Wildman–Crippen MR) is 69.2 cm³/mol. The molecule has 10 nitrogen and oxygen atoms in total. The van der Waals surface area contributed by atoms with Crippen LogP contribution in [0, 0.1) is 0 Å². The average Bonchev–Trinajstić information content (AvgIpc) is 2.46. The average molecular weight is 323 g/mol. The molecule has 6 N–H and O–H groups in total. The van der Waals surface area contributed by atoms with Crippen LogP contribution in [0.25, 0.3) is 0 Å². The van der Waals surface area contributed by atoms with Gasteiger partial charge in [0.25, 0.3) is 5.79 Å². The van der Waals surface area contributed by atoms with Gasteiger partial charge in [-0.2, -0.15) is 0 Å². The van der Waals surface area contributed by atoms with Crippen LogP contribution in [0.1, 0.15) is 13.3 Å². The molecule has 1 aliphatic rings. The molecule has 1 fully saturated rings. The topological polar surface area (TPSA) is 166 Å². The molecule has 128 valence electrons. The first kappa shape index (κ1) is 18.7. The van der Waals surface area contributed by atoms with Crippen molar-refractivity contribution in [3.63, 3.8) is 0 Å². The molecule has 6 atom stereocenters. The Bertz CT molecular complexity index is 417. The van der Waals surface area contributed by atoms with Crippen molar-refractivity contribution in [2.24, 2.45) is 0 Å². The first-order valence-electron chi connectivity index (χ1n) is 6.57. The SMILES string of the molecule is COC(=O)[C@@]1(O)CC(O)[C@@H](NC(C)=O)C([C@H](O)[C@H](O)CO)O1. The van der Waals surface area contributed by atoms with Gasteiger partial charge in [-0.15, -0.1) is 0 Å². The number of amides is 1. The van der Waals surface area contributed by atoms with Gasteiger partial charge in [0.1, 0.15) is 18.3 Å². The quantitative estimate of drug-likeness (QED) is 0.278. The van der Waals surface area contributed by atoms with Gasteiger partial charge in [0.05, 0.1) is 25.9 Å². The van der Waals surface area contributed by atoms with Gasteiger partial charge in [-0.3, -0.25) is 4.79 Å². The summed E-state index contributed by atoms with van der Waals surface area (Å²) in [6.45, 7) is 0.320. The Hall–Kier alpha value is -1.30. The summed E-state index contributed by atoms with van der Waals surface area (Å²) in [4.78, 5) is 22.8. The molecule has 0 radical (unpaired) electrons. The molecule has 0 aromatic heterocycles. The number of hydrogen-bond acceptors (Lipinski definition) is 9. The zero-order chi connectivity index (χ0) is 17.1. The Labute approximate surface area is 126 Å². The number of carbonyl (C=O) groups excluding carboxylic acids is 2. The van der Waals surface area contributed by atoms with Gasteiger partial charge in [-0.25, -0.2) is 4.79 Å². The van der Waals surface area contributed by atoms with E-state index in [1.54, 1.807) is 0 Å². The molecule has 1 saturated heterocycles. The van der Waals surface area contributed by atoms with Crippen molar-refractivity contribution in [3.8, 4) is 0 Å². The Morgan fingerprint density at radius 3 is 2.50 bits per heavy atom. The van der Waals surface area contributed by atoms with Crippen LogP contribution >= 0.6 is 0 Å². The van der Waals surface area contributed by atoms with E-state index in [-0.39, 0.29) is 0 Å². The Morgan fingerprint density at radius 2 is 2.05 bits per heavy atom. The van der Waals surface area contributed by atoms with E-state index < -0.39 is 61.1 Å². The van der Waals surface area contributed by atoms with Gasteiger partial charge >= 0.3 is 5.97 Å². The van der Waals surface area contributed by atoms with Gasteiger partial charge < -0.3 is 40.3 Å². The number of nitrogens with one attached hydrogen (secondary N) is 1. The number of aliphatic hydroxyl groups is 5. The summed E-state index contributed by atoms with van der Waals surface area (Å²) in [7, 11) is 0.990. The zero-order valence-electron chi connectivity index (χ0n) is 12.2. The van der Waals surface area contributed by atoms with Crippen LogP contribution in [-0.4, -0.2) is 87.4 Å². The van der Waals surface area contributed by atoms with E-state index in [1.165, 1.54) is 0 Å². The van der Waals surface area contributed by atoms with Crippen molar-refractivity contribution in [1.82, 2.24) is 5.32 Å². The summed E-state index contributed by atoms with van der Waals surface area (Å²) in [5, 5.41) is 50.8. The molecule has 1 heterocycles. The van der Waals surface area contributed by atoms with Crippen LogP contribution in [0.4, 0.5) is 0 Å². The maximum atomic E-state index is 11.6. The molecule has 0 saturated carbocycles. The number of rotatable bonds is 5. The molecule has 0 aliphatic carbocycles. The second-order valence-electron chi connectivity index (χ2n) is 5.10. The lowest BCUT2D eigenvalue weighted by Gasteiger charge is -2.45. The summed E-state index contributed by atoms with van der Waals surface area (Å²) in [6, 6.07) is -1.21. The van der Waals surface area contributed by atoms with E-state index in [2.05, 4.69) is 10.1 Å². The Balaban J connectivity index is 3.09. The highest BCUT2D eigenvalue weighted by molar-refractivity contribution is 5.78. The maximum Gasteiger partial charge on any atom is 0.366 e. The maximum absolute atomic E-state index is 11.6. The monoisotopic (exact) mass is 323 g/mol. The van der Waals surface area contributed by atoms with Crippen molar-refractivity contribution in [2.45, 2.75) is 49.6 Å². The summed E-state index contributed by atoms with van der Waals surface area (Å²) in [5.41, 5.74) is 0. The minimum absolute atomic E-state index is 0.563. The normalized spacial score (nSPS) is 34.6. The van der Waals surface area contributed by atoms with Crippen molar-refractivity contribution < 1.29 is 44.6 Å². The van der Waals surface area contributed by atoms with Gasteiger partial charge in [0, 0.05) is 13.3 Å². The minimum Gasteiger partial charge on any atom is -0.465 e. The molecule has 1 amide bonds. The third-order valence-corrected chi connectivity index (χ3v) is 3.38. The highest BCUT2D eigenvalue weighted by Crippen LogP contribution is 2.31. The lowest BCUT2D eigenvalue weighted by atomic mass is 9.88. The lowest BCUT2D eigenvalue weighted by molar-refractivity contribution is -0.296. The van der Waals surface area contributed by atoms with Crippen LogP contribution in [-0.2, 0) is 19.1 Å². The summed E-state index contributed by atoms with van der Waals surface area (Å²) in [5.74, 6) is -4.32. The fraction of sp³-hybridized carbons (Fsp3) is 0.833. The second-order valence-corrected chi connectivity index (χ2v) is 5.10. The largest absolute Gasteiger partial charge is 0.465 e. The van der Waals surface area contributed by atoms with E-state index in [4.69, 9.17) is 9.84 Å². The molecule has 0 bridgehead atoms. The van der Waals surface area contributed by atoms with Crippen LogP contribution in [0.2, 0.25) is 0 Å².